The average Bonchev–Trinajstić information content (AvgIpc) is 2.33. The first-order chi connectivity index (χ1) is 8.99. The second-order valence-corrected chi connectivity index (χ2v) is 7.16. The molecule has 0 fully saturated rings. The number of hydrogen-bond donors (Lipinski definition) is 3. The molecule has 0 aromatic carbocycles. The van der Waals surface area contributed by atoms with Gasteiger partial charge in [0.1, 0.15) is 6.04 Å². The second kappa shape index (κ2) is 7.62. The third-order valence-electron chi connectivity index (χ3n) is 3.18. The minimum absolute atomic E-state index is 0.114. The van der Waals surface area contributed by atoms with Gasteiger partial charge in [-0.15, -0.1) is 0 Å². The van der Waals surface area contributed by atoms with Crippen LogP contribution in [0.3, 0.4) is 0 Å². The van der Waals surface area contributed by atoms with Crippen LogP contribution in [0.5, 0.6) is 0 Å². The molecule has 0 bridgehead atoms. The molecule has 5 nitrogen and oxygen atoms in total. The summed E-state index contributed by atoms with van der Waals surface area (Å²) >= 11 is 0. The lowest BCUT2D eigenvalue weighted by Gasteiger charge is -2.23. The fraction of sp³-hybridized carbons (Fsp3) is 0.867. The van der Waals surface area contributed by atoms with Crippen molar-refractivity contribution < 1.29 is 14.7 Å². The maximum atomic E-state index is 11.8. The summed E-state index contributed by atoms with van der Waals surface area (Å²) in [6.45, 7) is 11.8. The highest BCUT2D eigenvalue weighted by Crippen LogP contribution is 2.20. The van der Waals surface area contributed by atoms with Gasteiger partial charge in [-0.3, -0.25) is 9.59 Å². The maximum absolute atomic E-state index is 11.8. The zero-order chi connectivity index (χ0) is 16.0. The molecule has 2 amide bonds. The van der Waals surface area contributed by atoms with Crippen molar-refractivity contribution in [2.45, 2.75) is 60.4 Å². The van der Waals surface area contributed by atoms with E-state index in [-0.39, 0.29) is 23.8 Å². The quantitative estimate of drug-likeness (QED) is 0.620. The molecule has 0 rings (SSSR count). The fourth-order valence-corrected chi connectivity index (χ4v) is 1.49. The predicted molar refractivity (Wildman–Crippen MR) is 80.2 cm³/mol. The first-order valence-electron chi connectivity index (χ1n) is 7.19. The summed E-state index contributed by atoms with van der Waals surface area (Å²) in [5, 5.41) is 14.6. The summed E-state index contributed by atoms with van der Waals surface area (Å²) in [4.78, 5) is 23.6. The highest BCUT2D eigenvalue weighted by molar-refractivity contribution is 5.89. The van der Waals surface area contributed by atoms with Crippen LogP contribution in [0.25, 0.3) is 0 Å². The molecule has 0 aromatic rings. The Kier molecular flexibility index (Phi) is 7.20. The minimum atomic E-state index is -0.535. The topological polar surface area (TPSA) is 78.4 Å². The summed E-state index contributed by atoms with van der Waals surface area (Å²) < 4.78 is 0. The largest absolute Gasteiger partial charge is 0.396 e. The van der Waals surface area contributed by atoms with E-state index in [2.05, 4.69) is 10.6 Å². The van der Waals surface area contributed by atoms with E-state index in [0.717, 1.165) is 12.8 Å². The van der Waals surface area contributed by atoms with E-state index in [1.165, 1.54) is 0 Å². The molecule has 1 atom stereocenters. The Morgan fingerprint density at radius 1 is 1.15 bits per heavy atom. The molecular weight excluding hydrogens is 256 g/mol. The normalized spacial score (nSPS) is 13.8. The van der Waals surface area contributed by atoms with Crippen molar-refractivity contribution in [1.82, 2.24) is 10.6 Å². The molecule has 1 unspecified atom stereocenters. The Bertz CT molecular complexity index is 333. The number of aliphatic hydroxyl groups is 1. The van der Waals surface area contributed by atoms with Gasteiger partial charge in [0.05, 0.1) is 0 Å². The van der Waals surface area contributed by atoms with Crippen LogP contribution in [-0.4, -0.2) is 36.1 Å². The molecule has 0 spiro atoms. The number of nitrogens with one attached hydrogen (secondary N) is 2. The first-order valence-corrected chi connectivity index (χ1v) is 7.19. The Morgan fingerprint density at radius 3 is 2.15 bits per heavy atom. The van der Waals surface area contributed by atoms with Crippen molar-refractivity contribution in [3.05, 3.63) is 0 Å². The SMILES string of the molecule is CC(NC(=O)C(C)(C)C)C(=O)NCCCC(C)(C)CO. The molecule has 0 aliphatic rings. The number of aliphatic hydroxyl groups excluding tert-OH is 1. The number of amides is 2. The van der Waals surface area contributed by atoms with Gasteiger partial charge in [0.25, 0.3) is 0 Å². The zero-order valence-corrected chi connectivity index (χ0v) is 13.7. The van der Waals surface area contributed by atoms with E-state index in [1.54, 1.807) is 6.92 Å². The van der Waals surface area contributed by atoms with Crippen molar-refractivity contribution in [1.29, 1.82) is 0 Å². The lowest BCUT2D eigenvalue weighted by atomic mass is 9.89. The van der Waals surface area contributed by atoms with Gasteiger partial charge in [0.2, 0.25) is 11.8 Å². The molecular formula is C15H30N2O3. The van der Waals surface area contributed by atoms with Crippen molar-refractivity contribution in [3.63, 3.8) is 0 Å². The van der Waals surface area contributed by atoms with E-state index in [1.807, 2.05) is 34.6 Å². The molecule has 20 heavy (non-hydrogen) atoms. The fourth-order valence-electron chi connectivity index (χ4n) is 1.49. The molecule has 5 heteroatoms. The average molecular weight is 286 g/mol. The zero-order valence-electron chi connectivity index (χ0n) is 13.7. The highest BCUT2D eigenvalue weighted by Gasteiger charge is 2.25. The first kappa shape index (κ1) is 18.9. The van der Waals surface area contributed by atoms with Gasteiger partial charge in [0.15, 0.2) is 0 Å². The van der Waals surface area contributed by atoms with Crippen molar-refractivity contribution in [2.24, 2.45) is 10.8 Å². The Balaban J connectivity index is 4.02. The van der Waals surface area contributed by atoms with Crippen LogP contribution in [0.2, 0.25) is 0 Å². The highest BCUT2D eigenvalue weighted by atomic mass is 16.3. The lowest BCUT2D eigenvalue weighted by Crippen LogP contribution is -2.48. The minimum Gasteiger partial charge on any atom is -0.396 e. The number of carbonyl (C=O) groups is 2. The van der Waals surface area contributed by atoms with Crippen molar-refractivity contribution in [2.75, 3.05) is 13.2 Å². The smallest absolute Gasteiger partial charge is 0.242 e. The molecule has 0 saturated carbocycles. The van der Waals surface area contributed by atoms with E-state index in [4.69, 9.17) is 5.11 Å². The monoisotopic (exact) mass is 286 g/mol. The molecule has 0 heterocycles. The van der Waals surface area contributed by atoms with Gasteiger partial charge in [-0.1, -0.05) is 34.6 Å². The summed E-state index contributed by atoms with van der Waals surface area (Å²) in [5.74, 6) is -0.314. The number of carbonyl (C=O) groups excluding carboxylic acids is 2. The second-order valence-electron chi connectivity index (χ2n) is 7.16. The summed E-state index contributed by atoms with van der Waals surface area (Å²) in [7, 11) is 0. The third-order valence-corrected chi connectivity index (χ3v) is 3.18. The predicted octanol–water partition coefficient (Wildman–Crippen LogP) is 1.45. The van der Waals surface area contributed by atoms with Crippen LogP contribution in [0, 0.1) is 10.8 Å². The maximum Gasteiger partial charge on any atom is 0.242 e. The molecule has 0 aliphatic heterocycles. The van der Waals surface area contributed by atoms with Crippen molar-refractivity contribution in [3.8, 4) is 0 Å². The van der Waals surface area contributed by atoms with Crippen LogP contribution in [0.4, 0.5) is 0 Å². The Morgan fingerprint density at radius 2 is 1.70 bits per heavy atom. The van der Waals surface area contributed by atoms with Gasteiger partial charge < -0.3 is 15.7 Å². The van der Waals surface area contributed by atoms with Gasteiger partial charge in [-0.2, -0.15) is 0 Å². The van der Waals surface area contributed by atoms with Crippen molar-refractivity contribution >= 4 is 11.8 Å². The van der Waals surface area contributed by atoms with Crippen LogP contribution in [0.1, 0.15) is 54.4 Å². The van der Waals surface area contributed by atoms with Crippen LogP contribution >= 0.6 is 0 Å². The van der Waals surface area contributed by atoms with E-state index < -0.39 is 11.5 Å². The van der Waals surface area contributed by atoms with Gasteiger partial charge in [-0.05, 0) is 25.2 Å². The summed E-state index contributed by atoms with van der Waals surface area (Å²) in [6, 6.07) is -0.535. The molecule has 0 aliphatic carbocycles. The lowest BCUT2D eigenvalue weighted by molar-refractivity contribution is -0.133. The van der Waals surface area contributed by atoms with Gasteiger partial charge in [0, 0.05) is 18.6 Å². The number of hydrogen-bond acceptors (Lipinski definition) is 3. The molecule has 3 N–H and O–H groups in total. The van der Waals surface area contributed by atoms with Crippen LogP contribution < -0.4 is 10.6 Å². The van der Waals surface area contributed by atoms with Gasteiger partial charge >= 0.3 is 0 Å². The van der Waals surface area contributed by atoms with E-state index in [9.17, 15) is 9.59 Å². The van der Waals surface area contributed by atoms with Crippen LogP contribution in [-0.2, 0) is 9.59 Å². The Hall–Kier alpha value is -1.10. The molecule has 118 valence electrons. The Labute approximate surface area is 122 Å². The molecule has 0 radical (unpaired) electrons. The molecule has 0 aromatic heterocycles. The third kappa shape index (κ3) is 7.48. The van der Waals surface area contributed by atoms with Crippen LogP contribution in [0.15, 0.2) is 0 Å². The summed E-state index contributed by atoms with van der Waals surface area (Å²) in [6.07, 6.45) is 1.64. The molecule has 0 saturated heterocycles. The summed E-state index contributed by atoms with van der Waals surface area (Å²) in [5.41, 5.74) is -0.615. The van der Waals surface area contributed by atoms with E-state index in [0.29, 0.717) is 6.54 Å². The number of rotatable bonds is 7. The van der Waals surface area contributed by atoms with E-state index >= 15 is 0 Å². The van der Waals surface area contributed by atoms with Gasteiger partial charge in [-0.25, -0.2) is 0 Å². The standard InChI is InChI=1S/C15H30N2O3/c1-11(17-13(20)14(2,3)4)12(19)16-9-7-8-15(5,6)10-18/h11,18H,7-10H2,1-6H3,(H,16,19)(H,17,20).